The minimum atomic E-state index is -4.83. The van der Waals surface area contributed by atoms with Crippen LogP contribution in [0, 0.1) is 0 Å². The average molecular weight is 558 g/mol. The molecule has 3 rings (SSSR count). The van der Waals surface area contributed by atoms with Crippen molar-refractivity contribution >= 4 is 23.6 Å². The van der Waals surface area contributed by atoms with Gasteiger partial charge < -0.3 is 30.1 Å². The Balaban J connectivity index is 1.64. The largest absolute Gasteiger partial charge is 0.573 e. The fourth-order valence-corrected chi connectivity index (χ4v) is 3.53. The van der Waals surface area contributed by atoms with Crippen molar-refractivity contribution in [3.63, 3.8) is 0 Å². The van der Waals surface area contributed by atoms with Crippen molar-refractivity contribution in [2.45, 2.75) is 12.8 Å². The number of benzene rings is 3. The minimum absolute atomic E-state index is 0.0596. The van der Waals surface area contributed by atoms with Crippen molar-refractivity contribution in [3.8, 4) is 11.5 Å². The van der Waals surface area contributed by atoms with Gasteiger partial charge in [0.25, 0.3) is 11.8 Å². The first-order valence-corrected chi connectivity index (χ1v) is 12.3. The summed E-state index contributed by atoms with van der Waals surface area (Å²) in [7, 11) is 3.95. The molecule has 0 saturated heterocycles. The normalized spacial score (nSPS) is 11.5. The van der Waals surface area contributed by atoms with E-state index in [2.05, 4.69) is 21.4 Å². The second kappa shape index (κ2) is 14.0. The van der Waals surface area contributed by atoms with Gasteiger partial charge >= 0.3 is 6.36 Å². The van der Waals surface area contributed by atoms with Gasteiger partial charge in [0.2, 0.25) is 0 Å². The molecular weight excluding hydrogens is 527 g/mol. The molecule has 0 aliphatic carbocycles. The van der Waals surface area contributed by atoms with Crippen LogP contribution in [0.15, 0.2) is 78.5 Å². The molecule has 3 N–H and O–H groups in total. The van der Waals surface area contributed by atoms with Crippen LogP contribution in [0.1, 0.15) is 21.5 Å². The number of alkyl halides is 3. The lowest BCUT2D eigenvalue weighted by Gasteiger charge is -2.14. The summed E-state index contributed by atoms with van der Waals surface area (Å²) in [5, 5.41) is 14.0. The van der Waals surface area contributed by atoms with Gasteiger partial charge in [-0.2, -0.15) is 0 Å². The first-order chi connectivity index (χ1) is 19.0. The lowest BCUT2D eigenvalue weighted by atomic mass is 10.1. The summed E-state index contributed by atoms with van der Waals surface area (Å²) in [4.78, 5) is 27.5. The first kappa shape index (κ1) is 30.0. The van der Waals surface area contributed by atoms with Crippen LogP contribution in [0.4, 0.5) is 18.9 Å². The van der Waals surface area contributed by atoms with Crippen LogP contribution in [0.25, 0.3) is 6.08 Å². The predicted octanol–water partition coefficient (Wildman–Crippen LogP) is 4.15. The molecule has 0 unspecified atom stereocenters. The number of rotatable bonds is 12. The molecule has 0 heterocycles. The number of hydrogen-bond donors (Lipinski definition) is 3. The summed E-state index contributed by atoms with van der Waals surface area (Å²) in [5.41, 5.74) is 2.65. The van der Waals surface area contributed by atoms with E-state index in [9.17, 15) is 22.8 Å². The summed E-state index contributed by atoms with van der Waals surface area (Å²) in [6.07, 6.45) is -2.84. The number of amides is 2. The maximum Gasteiger partial charge on any atom is 0.573 e. The van der Waals surface area contributed by atoms with Gasteiger partial charge in [-0.25, -0.2) is 0 Å². The highest BCUT2D eigenvalue weighted by Gasteiger charge is 2.31. The van der Waals surface area contributed by atoms with Crippen molar-refractivity contribution in [1.29, 1.82) is 0 Å². The van der Waals surface area contributed by atoms with E-state index in [1.807, 2.05) is 37.2 Å². The van der Waals surface area contributed by atoms with E-state index in [1.54, 1.807) is 24.3 Å². The predicted molar refractivity (Wildman–Crippen MR) is 145 cm³/mol. The fourth-order valence-electron chi connectivity index (χ4n) is 3.53. The number of nitrogens with one attached hydrogen (secondary N) is 2. The molecule has 0 spiro atoms. The summed E-state index contributed by atoms with van der Waals surface area (Å²) < 4.78 is 46.9. The number of anilines is 1. The van der Waals surface area contributed by atoms with Crippen LogP contribution in [-0.4, -0.2) is 57.1 Å². The lowest BCUT2D eigenvalue weighted by molar-refractivity contribution is -0.274. The second-order valence-corrected chi connectivity index (χ2v) is 8.80. The molecule has 8 nitrogen and oxygen atoms in total. The Hall–Kier alpha value is -4.51. The molecule has 0 aliphatic rings. The molecule has 0 bridgehead atoms. The number of halogens is 3. The highest BCUT2D eigenvalue weighted by molar-refractivity contribution is 6.05. The van der Waals surface area contributed by atoms with Crippen molar-refractivity contribution in [2.75, 3.05) is 38.8 Å². The molecule has 3 aromatic rings. The molecule has 0 fully saturated rings. The van der Waals surface area contributed by atoms with Gasteiger partial charge in [0.1, 0.15) is 17.2 Å². The number of carbonyl (C=O) groups excluding carboxylic acids is 2. The zero-order valence-corrected chi connectivity index (χ0v) is 22.0. The van der Waals surface area contributed by atoms with Crippen LogP contribution < -0.4 is 25.0 Å². The van der Waals surface area contributed by atoms with Crippen molar-refractivity contribution in [2.24, 2.45) is 0 Å². The number of hydrogen-bond acceptors (Lipinski definition) is 6. The van der Waals surface area contributed by atoms with Gasteiger partial charge in [-0.3, -0.25) is 9.59 Å². The van der Waals surface area contributed by atoms with Crippen LogP contribution in [0.2, 0.25) is 0 Å². The topological polar surface area (TPSA) is 100 Å². The highest BCUT2D eigenvalue weighted by atomic mass is 19.4. The maximum atomic E-state index is 12.9. The van der Waals surface area contributed by atoms with Gasteiger partial charge in [-0.15, -0.1) is 13.2 Å². The van der Waals surface area contributed by atoms with E-state index in [-0.39, 0.29) is 24.4 Å². The Morgan fingerprint density at radius 1 is 0.975 bits per heavy atom. The van der Waals surface area contributed by atoms with Crippen LogP contribution >= 0.6 is 0 Å². The molecule has 40 heavy (non-hydrogen) atoms. The SMILES string of the molecule is CN(C)c1cccc(CCOc2ccc(C(=O)NC(=Cc3ccc(OC(F)(F)F)cc3)C(=O)NCCO)cc2)c1. The zero-order valence-electron chi connectivity index (χ0n) is 22.0. The Bertz CT molecular complexity index is 1310. The van der Waals surface area contributed by atoms with Crippen molar-refractivity contribution in [3.05, 3.63) is 95.2 Å². The maximum absolute atomic E-state index is 12.9. The molecule has 212 valence electrons. The smallest absolute Gasteiger partial charge is 0.493 e. The molecule has 0 atom stereocenters. The van der Waals surface area contributed by atoms with E-state index in [0.29, 0.717) is 24.3 Å². The monoisotopic (exact) mass is 557 g/mol. The Morgan fingerprint density at radius 3 is 2.27 bits per heavy atom. The van der Waals surface area contributed by atoms with Gasteiger partial charge in [0, 0.05) is 38.3 Å². The van der Waals surface area contributed by atoms with Crippen LogP contribution in [0.3, 0.4) is 0 Å². The molecule has 0 aliphatic heterocycles. The van der Waals surface area contributed by atoms with E-state index in [1.165, 1.54) is 18.2 Å². The Morgan fingerprint density at radius 2 is 1.65 bits per heavy atom. The number of aliphatic hydroxyl groups excluding tert-OH is 1. The zero-order chi connectivity index (χ0) is 29.1. The molecule has 0 aromatic heterocycles. The van der Waals surface area contributed by atoms with E-state index in [4.69, 9.17) is 9.84 Å². The van der Waals surface area contributed by atoms with Crippen molar-refractivity contribution < 1.29 is 37.3 Å². The van der Waals surface area contributed by atoms with E-state index in [0.717, 1.165) is 23.4 Å². The number of nitrogens with zero attached hydrogens (tertiary/aromatic N) is 1. The standard InChI is InChI=1S/C29H30F3N3O5/c1-35(2)23-5-3-4-20(18-23)14-17-39-24-12-8-22(9-13-24)27(37)34-26(28(38)33-15-16-36)19-21-6-10-25(11-7-21)40-29(30,31)32/h3-13,18-19,36H,14-17H2,1-2H3,(H,33,38)(H,34,37). The van der Waals surface area contributed by atoms with Gasteiger partial charge in [0.15, 0.2) is 0 Å². The van der Waals surface area contributed by atoms with Crippen molar-refractivity contribution in [1.82, 2.24) is 10.6 Å². The van der Waals surface area contributed by atoms with Gasteiger partial charge in [-0.1, -0.05) is 24.3 Å². The van der Waals surface area contributed by atoms with Crippen LogP contribution in [-0.2, 0) is 11.2 Å². The Kier molecular flexibility index (Phi) is 10.5. The summed E-state index contributed by atoms with van der Waals surface area (Å²) >= 11 is 0. The third kappa shape index (κ3) is 9.66. The molecule has 0 saturated carbocycles. The number of aliphatic hydroxyl groups is 1. The third-order valence-corrected chi connectivity index (χ3v) is 5.52. The first-order valence-electron chi connectivity index (χ1n) is 12.3. The van der Waals surface area contributed by atoms with Gasteiger partial charge in [0.05, 0.1) is 13.2 Å². The molecule has 2 amide bonds. The fraction of sp³-hybridized carbons (Fsp3) is 0.241. The quantitative estimate of drug-likeness (QED) is 0.290. The molecule has 3 aromatic carbocycles. The second-order valence-electron chi connectivity index (χ2n) is 8.80. The minimum Gasteiger partial charge on any atom is -0.493 e. The number of carbonyl (C=O) groups is 2. The molecule has 0 radical (unpaired) electrons. The molecular formula is C29H30F3N3O5. The number of ether oxygens (including phenoxy) is 2. The lowest BCUT2D eigenvalue weighted by Crippen LogP contribution is -2.36. The van der Waals surface area contributed by atoms with E-state index < -0.39 is 23.9 Å². The molecule has 11 heteroatoms. The summed E-state index contributed by atoms with van der Waals surface area (Å²) in [5.74, 6) is -1.13. The Labute approximate surface area is 230 Å². The summed E-state index contributed by atoms with van der Waals surface area (Å²) in [6.45, 7) is 0.0576. The van der Waals surface area contributed by atoms with Crippen LogP contribution in [0.5, 0.6) is 11.5 Å². The summed E-state index contributed by atoms with van der Waals surface area (Å²) in [6, 6.07) is 19.3. The third-order valence-electron chi connectivity index (χ3n) is 5.52. The highest BCUT2D eigenvalue weighted by Crippen LogP contribution is 2.23. The average Bonchev–Trinajstić information content (AvgIpc) is 2.92. The van der Waals surface area contributed by atoms with Gasteiger partial charge in [-0.05, 0) is 65.7 Å². The van der Waals surface area contributed by atoms with E-state index >= 15 is 0 Å².